The molecule has 1 aliphatic carbocycles. The maximum atomic E-state index is 3.53. The summed E-state index contributed by atoms with van der Waals surface area (Å²) in [5.74, 6) is 0. The molecule has 0 amide bonds. The van der Waals surface area contributed by atoms with Gasteiger partial charge in [-0.15, -0.1) is 5.56 Å². The van der Waals surface area contributed by atoms with Gasteiger partial charge in [-0.1, -0.05) is 83.2 Å². The Morgan fingerprint density at radius 2 is 1.43 bits per heavy atom. The average molecular weight is 519 g/mol. The first-order valence-corrected chi connectivity index (χ1v) is 9.93. The Hall–Kier alpha value is -0.747. The first-order chi connectivity index (χ1) is 12.6. The van der Waals surface area contributed by atoms with Crippen molar-refractivity contribution >= 4 is 0 Å². The molecular formula is C27H32Cl2Zr. The van der Waals surface area contributed by atoms with Crippen molar-refractivity contribution in [2.45, 2.75) is 65.7 Å². The zero-order valence-electron chi connectivity index (χ0n) is 19.2. The Bertz CT molecular complexity index is 865. The predicted octanol–water partition coefficient (Wildman–Crippen LogP) is 1.37. The van der Waals surface area contributed by atoms with Crippen LogP contribution in [0.2, 0.25) is 0 Å². The summed E-state index contributed by atoms with van der Waals surface area (Å²) in [5, 5.41) is 0. The van der Waals surface area contributed by atoms with Gasteiger partial charge in [-0.25, -0.2) is 11.6 Å². The second-order valence-corrected chi connectivity index (χ2v) is 9.79. The molecule has 0 atom stereocenters. The molecule has 0 fully saturated rings. The Labute approximate surface area is 215 Å². The summed E-state index contributed by atoms with van der Waals surface area (Å²) in [6, 6.07) is 23.3. The van der Waals surface area contributed by atoms with E-state index in [2.05, 4.69) is 97.0 Å². The second-order valence-electron chi connectivity index (χ2n) is 9.79. The third kappa shape index (κ3) is 6.88. The number of hydrogen-bond acceptors (Lipinski definition) is 0. The molecule has 1 aliphatic rings. The van der Waals surface area contributed by atoms with Crippen LogP contribution in [0, 0.1) is 13.0 Å². The number of aryl methyl sites for hydroxylation is 1. The zero-order valence-corrected chi connectivity index (χ0v) is 23.1. The molecular weight excluding hydrogens is 486 g/mol. The number of rotatable bonds is 0. The summed E-state index contributed by atoms with van der Waals surface area (Å²) in [4.78, 5) is 0. The van der Waals surface area contributed by atoms with Gasteiger partial charge in [0.05, 0.1) is 0 Å². The van der Waals surface area contributed by atoms with Gasteiger partial charge in [0.25, 0.3) is 0 Å². The van der Waals surface area contributed by atoms with Crippen molar-refractivity contribution in [2.75, 3.05) is 0 Å². The van der Waals surface area contributed by atoms with Gasteiger partial charge in [-0.05, 0) is 17.4 Å². The van der Waals surface area contributed by atoms with Gasteiger partial charge in [0.1, 0.15) is 0 Å². The molecule has 30 heavy (non-hydrogen) atoms. The van der Waals surface area contributed by atoms with Crippen molar-refractivity contribution in [2.24, 2.45) is 0 Å². The fourth-order valence-electron chi connectivity index (χ4n) is 3.46. The molecule has 0 radical (unpaired) electrons. The van der Waals surface area contributed by atoms with Gasteiger partial charge in [-0.2, -0.15) is 47.5 Å². The van der Waals surface area contributed by atoms with Crippen LogP contribution < -0.4 is 24.8 Å². The smallest absolute Gasteiger partial charge is 1.00 e. The third-order valence-electron chi connectivity index (χ3n) is 5.36. The van der Waals surface area contributed by atoms with E-state index in [1.54, 1.807) is 0 Å². The van der Waals surface area contributed by atoms with Crippen molar-refractivity contribution < 1.29 is 51.0 Å². The minimum absolute atomic E-state index is 0. The fourth-order valence-corrected chi connectivity index (χ4v) is 3.46. The van der Waals surface area contributed by atoms with Crippen LogP contribution in [0.1, 0.15) is 69.4 Å². The maximum absolute atomic E-state index is 3.53. The molecule has 0 spiro atoms. The monoisotopic (exact) mass is 516 g/mol. The molecule has 158 valence electrons. The van der Waals surface area contributed by atoms with E-state index in [4.69, 9.17) is 0 Å². The molecule has 0 nitrogen and oxygen atoms in total. The molecule has 4 rings (SSSR count). The first-order valence-electron chi connectivity index (χ1n) is 9.93. The molecule has 0 N–H and O–H groups in total. The van der Waals surface area contributed by atoms with Crippen LogP contribution in [0.5, 0.6) is 0 Å². The molecule has 0 aromatic heterocycles. The Morgan fingerprint density at radius 1 is 0.833 bits per heavy atom. The molecule has 3 aromatic carbocycles. The molecule has 0 unspecified atom stereocenters. The van der Waals surface area contributed by atoms with Gasteiger partial charge in [0, 0.05) is 0 Å². The summed E-state index contributed by atoms with van der Waals surface area (Å²) in [6.07, 6.45) is 1.03. The van der Waals surface area contributed by atoms with Gasteiger partial charge in [-0.3, -0.25) is 0 Å². The number of fused-ring (bicyclic) bond motifs is 3. The molecule has 3 aromatic rings. The van der Waals surface area contributed by atoms with Crippen molar-refractivity contribution in [3.8, 4) is 11.1 Å². The topological polar surface area (TPSA) is 0 Å². The van der Waals surface area contributed by atoms with Gasteiger partial charge < -0.3 is 24.8 Å². The summed E-state index contributed by atoms with van der Waals surface area (Å²) < 4.78 is 0. The Kier molecular flexibility index (Phi) is 10.9. The number of benzene rings is 2. The second kappa shape index (κ2) is 11.2. The van der Waals surface area contributed by atoms with Gasteiger partial charge in [0.2, 0.25) is 0 Å². The predicted molar refractivity (Wildman–Crippen MR) is 118 cm³/mol. The normalized spacial score (nSPS) is 11.6. The van der Waals surface area contributed by atoms with Gasteiger partial charge in [0.15, 0.2) is 0 Å². The van der Waals surface area contributed by atoms with E-state index in [0.717, 1.165) is 6.42 Å². The summed E-state index contributed by atoms with van der Waals surface area (Å²) in [6.45, 7) is 15.7. The Balaban J connectivity index is 0.000000814. The quantitative estimate of drug-likeness (QED) is 0.309. The van der Waals surface area contributed by atoms with Crippen molar-refractivity contribution in [1.82, 2.24) is 0 Å². The van der Waals surface area contributed by atoms with Crippen LogP contribution in [0.15, 0.2) is 54.6 Å². The van der Waals surface area contributed by atoms with Crippen LogP contribution in [-0.4, -0.2) is 0 Å². The molecule has 0 saturated heterocycles. The van der Waals surface area contributed by atoms with Crippen molar-refractivity contribution in [3.05, 3.63) is 88.5 Å². The van der Waals surface area contributed by atoms with Crippen LogP contribution in [0.25, 0.3) is 11.1 Å². The minimum Gasteiger partial charge on any atom is -1.00 e. The molecule has 0 heterocycles. The fraction of sp³-hybridized carbons (Fsp3) is 0.370. The van der Waals surface area contributed by atoms with E-state index in [9.17, 15) is 0 Å². The molecule has 3 heteroatoms. The van der Waals surface area contributed by atoms with Gasteiger partial charge >= 0.3 is 26.2 Å². The summed E-state index contributed by atoms with van der Waals surface area (Å²) in [7, 11) is 0. The SMILES string of the molecule is CC(C)(C)c1c[c-]c2c(c1)-c1cc(C(C)(C)C)ccc1C2.Cc1cc[cH-]c1.[Cl-].[Cl-].[Zr+4]. The van der Waals surface area contributed by atoms with Crippen molar-refractivity contribution in [3.63, 3.8) is 0 Å². The van der Waals surface area contributed by atoms with E-state index in [1.807, 2.05) is 12.1 Å². The Morgan fingerprint density at radius 3 is 1.90 bits per heavy atom. The van der Waals surface area contributed by atoms with E-state index < -0.39 is 0 Å². The van der Waals surface area contributed by atoms with Crippen LogP contribution in [0.4, 0.5) is 0 Å². The van der Waals surface area contributed by atoms with Crippen LogP contribution >= 0.6 is 0 Å². The van der Waals surface area contributed by atoms with E-state index in [0.29, 0.717) is 0 Å². The third-order valence-corrected chi connectivity index (χ3v) is 5.36. The molecule has 0 bridgehead atoms. The van der Waals surface area contributed by atoms with E-state index >= 15 is 0 Å². The summed E-state index contributed by atoms with van der Waals surface area (Å²) in [5.41, 5.74) is 10.1. The zero-order chi connectivity index (χ0) is 19.8. The minimum atomic E-state index is 0. The number of halogens is 2. The molecule has 0 saturated carbocycles. The van der Waals surface area contributed by atoms with Crippen LogP contribution in [-0.2, 0) is 43.5 Å². The van der Waals surface area contributed by atoms with E-state index in [-0.39, 0.29) is 61.8 Å². The maximum Gasteiger partial charge on any atom is 4.00 e. The van der Waals surface area contributed by atoms with Crippen molar-refractivity contribution in [1.29, 1.82) is 0 Å². The largest absolute Gasteiger partial charge is 4.00 e. The number of hydrogen-bond donors (Lipinski definition) is 0. The first kappa shape index (κ1) is 29.3. The molecule has 0 aliphatic heterocycles. The summed E-state index contributed by atoms with van der Waals surface area (Å²) >= 11 is 0. The van der Waals surface area contributed by atoms with E-state index in [1.165, 1.54) is 38.9 Å². The average Bonchev–Trinajstić information content (AvgIpc) is 3.19. The van der Waals surface area contributed by atoms with Crippen LogP contribution in [0.3, 0.4) is 0 Å². The standard InChI is InChI=1S/C21H25.C6H7.2ClH.Zr/c1-20(2,3)16-9-7-14-11-15-8-10-17(21(4,5)6)13-19(15)18(14)12-16;1-6-4-2-3-5-6;;;/h7,9-10,12-13H,11H2,1-6H3;2-5H,1H3;2*1H;/q2*-1;;;+4/p-2.